The Labute approximate surface area is 103 Å². The van der Waals surface area contributed by atoms with E-state index in [0.717, 1.165) is 17.8 Å². The summed E-state index contributed by atoms with van der Waals surface area (Å²) < 4.78 is 0. The van der Waals surface area contributed by atoms with Crippen LogP contribution in [0.4, 0.5) is 0 Å². The Hall–Kier alpha value is 0. The molecule has 1 rings (SSSR count). The molecule has 0 N–H and O–H groups in total. The lowest BCUT2D eigenvalue weighted by molar-refractivity contribution is 0.254. The third kappa shape index (κ3) is 5.37. The number of rotatable bonds is 7. The van der Waals surface area contributed by atoms with Gasteiger partial charge in [0.25, 0.3) is 0 Å². The molecule has 1 aliphatic rings. The summed E-state index contributed by atoms with van der Waals surface area (Å²) in [6, 6.07) is 0. The second kappa shape index (κ2) is 8.14. The summed E-state index contributed by atoms with van der Waals surface area (Å²) in [4.78, 5) is 0. The Balaban J connectivity index is 2.15. The minimum atomic E-state index is 1.01. The van der Waals surface area contributed by atoms with Crippen LogP contribution in [-0.2, 0) is 0 Å². The maximum atomic E-state index is 2.42. The summed E-state index contributed by atoms with van der Waals surface area (Å²) in [7, 11) is 0. The zero-order valence-corrected chi connectivity index (χ0v) is 11.8. The number of hydrogen-bond donors (Lipinski definition) is 0. The highest BCUT2D eigenvalue weighted by Gasteiger charge is 2.19. The molecule has 0 aromatic carbocycles. The van der Waals surface area contributed by atoms with Crippen LogP contribution in [0.5, 0.6) is 0 Å². The lowest BCUT2D eigenvalue weighted by Gasteiger charge is -2.27. The van der Waals surface area contributed by atoms with E-state index in [1.807, 2.05) is 0 Å². The molecule has 0 amide bonds. The van der Waals surface area contributed by atoms with E-state index in [-0.39, 0.29) is 0 Å². The molecule has 0 spiro atoms. The van der Waals surface area contributed by atoms with Crippen molar-refractivity contribution in [3.05, 3.63) is 0 Å². The molecule has 1 aliphatic carbocycles. The molecule has 0 aromatic heterocycles. The summed E-state index contributed by atoms with van der Waals surface area (Å²) in [6.07, 6.45) is 14.8. The second-order valence-corrected chi connectivity index (χ2v) is 6.15. The standard InChI is InChI=1S/C16H32/c1-4-6-15(7-5-2)12-13-16-10-8-14(3)9-11-16/h14-16H,4-13H2,1-3H3. The van der Waals surface area contributed by atoms with Crippen molar-refractivity contribution in [3.8, 4) is 0 Å². The Bertz CT molecular complexity index is 147. The van der Waals surface area contributed by atoms with Gasteiger partial charge in [0.15, 0.2) is 0 Å². The predicted molar refractivity (Wildman–Crippen MR) is 73.7 cm³/mol. The maximum absolute atomic E-state index is 2.42. The van der Waals surface area contributed by atoms with Crippen LogP contribution in [0.3, 0.4) is 0 Å². The van der Waals surface area contributed by atoms with Gasteiger partial charge in [-0.1, -0.05) is 85.0 Å². The molecule has 0 bridgehead atoms. The fraction of sp³-hybridized carbons (Fsp3) is 1.00. The van der Waals surface area contributed by atoms with E-state index in [4.69, 9.17) is 0 Å². The van der Waals surface area contributed by atoms with Gasteiger partial charge in [0.05, 0.1) is 0 Å². The third-order valence-corrected chi connectivity index (χ3v) is 4.51. The summed E-state index contributed by atoms with van der Waals surface area (Å²) in [6.45, 7) is 7.10. The molecule has 0 aliphatic heterocycles. The molecule has 1 fully saturated rings. The highest BCUT2D eigenvalue weighted by atomic mass is 14.2. The van der Waals surface area contributed by atoms with Crippen LogP contribution in [-0.4, -0.2) is 0 Å². The molecular formula is C16H32. The predicted octanol–water partition coefficient (Wildman–Crippen LogP) is 5.81. The van der Waals surface area contributed by atoms with E-state index in [1.54, 1.807) is 0 Å². The molecule has 16 heavy (non-hydrogen) atoms. The maximum Gasteiger partial charge on any atom is -0.0414 e. The summed E-state index contributed by atoms with van der Waals surface area (Å²) in [5, 5.41) is 0. The van der Waals surface area contributed by atoms with Gasteiger partial charge in [-0.2, -0.15) is 0 Å². The van der Waals surface area contributed by atoms with E-state index in [9.17, 15) is 0 Å². The normalized spacial score (nSPS) is 26.2. The molecular weight excluding hydrogens is 192 g/mol. The van der Waals surface area contributed by atoms with E-state index in [1.165, 1.54) is 64.2 Å². The lowest BCUT2D eigenvalue weighted by atomic mass is 9.79. The molecule has 0 aromatic rings. The van der Waals surface area contributed by atoms with Crippen molar-refractivity contribution >= 4 is 0 Å². The molecule has 0 unspecified atom stereocenters. The molecule has 0 radical (unpaired) electrons. The quantitative estimate of drug-likeness (QED) is 0.512. The average molecular weight is 224 g/mol. The average Bonchev–Trinajstić information content (AvgIpc) is 2.29. The molecule has 0 atom stereocenters. The minimum absolute atomic E-state index is 1.01. The first-order chi connectivity index (χ1) is 7.76. The van der Waals surface area contributed by atoms with E-state index >= 15 is 0 Å². The van der Waals surface area contributed by atoms with Crippen LogP contribution in [0.1, 0.15) is 85.0 Å². The summed E-state index contributed by atoms with van der Waals surface area (Å²) in [5.74, 6) is 3.13. The highest BCUT2D eigenvalue weighted by molar-refractivity contribution is 4.71. The van der Waals surface area contributed by atoms with Gasteiger partial charge >= 0.3 is 0 Å². The van der Waals surface area contributed by atoms with Crippen LogP contribution < -0.4 is 0 Å². The fourth-order valence-electron chi connectivity index (χ4n) is 3.34. The monoisotopic (exact) mass is 224 g/mol. The SMILES string of the molecule is CCCC(CCC)CCC1CCC(C)CC1. The molecule has 0 heteroatoms. The van der Waals surface area contributed by atoms with Crippen LogP contribution in [0, 0.1) is 17.8 Å². The van der Waals surface area contributed by atoms with Gasteiger partial charge in [0.2, 0.25) is 0 Å². The Kier molecular flexibility index (Phi) is 7.16. The Morgan fingerprint density at radius 1 is 0.875 bits per heavy atom. The summed E-state index contributed by atoms with van der Waals surface area (Å²) >= 11 is 0. The van der Waals surface area contributed by atoms with Crippen LogP contribution >= 0.6 is 0 Å². The van der Waals surface area contributed by atoms with Gasteiger partial charge in [-0.15, -0.1) is 0 Å². The lowest BCUT2D eigenvalue weighted by Crippen LogP contribution is -2.13. The van der Waals surface area contributed by atoms with Gasteiger partial charge in [-0.25, -0.2) is 0 Å². The van der Waals surface area contributed by atoms with Crippen molar-refractivity contribution in [1.29, 1.82) is 0 Å². The van der Waals surface area contributed by atoms with Crippen molar-refractivity contribution in [2.75, 3.05) is 0 Å². The van der Waals surface area contributed by atoms with Crippen LogP contribution in [0.15, 0.2) is 0 Å². The van der Waals surface area contributed by atoms with Crippen LogP contribution in [0.2, 0.25) is 0 Å². The zero-order chi connectivity index (χ0) is 11.8. The highest BCUT2D eigenvalue weighted by Crippen LogP contribution is 2.33. The van der Waals surface area contributed by atoms with Gasteiger partial charge in [0, 0.05) is 0 Å². The van der Waals surface area contributed by atoms with Gasteiger partial charge < -0.3 is 0 Å². The Morgan fingerprint density at radius 3 is 1.94 bits per heavy atom. The van der Waals surface area contributed by atoms with E-state index in [2.05, 4.69) is 20.8 Å². The van der Waals surface area contributed by atoms with Crippen molar-refractivity contribution in [3.63, 3.8) is 0 Å². The Morgan fingerprint density at radius 2 is 1.44 bits per heavy atom. The van der Waals surface area contributed by atoms with Crippen molar-refractivity contribution in [2.45, 2.75) is 85.0 Å². The van der Waals surface area contributed by atoms with E-state index < -0.39 is 0 Å². The molecule has 0 nitrogen and oxygen atoms in total. The van der Waals surface area contributed by atoms with Gasteiger partial charge in [0.1, 0.15) is 0 Å². The number of hydrogen-bond acceptors (Lipinski definition) is 0. The first kappa shape index (κ1) is 14.1. The topological polar surface area (TPSA) is 0 Å². The first-order valence-corrected chi connectivity index (χ1v) is 7.76. The minimum Gasteiger partial charge on any atom is -0.0654 e. The molecule has 96 valence electrons. The second-order valence-electron chi connectivity index (χ2n) is 6.15. The van der Waals surface area contributed by atoms with Crippen LogP contribution in [0.25, 0.3) is 0 Å². The van der Waals surface area contributed by atoms with Crippen molar-refractivity contribution in [1.82, 2.24) is 0 Å². The summed E-state index contributed by atoms with van der Waals surface area (Å²) in [5.41, 5.74) is 0. The van der Waals surface area contributed by atoms with Gasteiger partial charge in [-0.05, 0) is 17.8 Å². The molecule has 0 saturated heterocycles. The van der Waals surface area contributed by atoms with E-state index in [0.29, 0.717) is 0 Å². The van der Waals surface area contributed by atoms with Gasteiger partial charge in [-0.3, -0.25) is 0 Å². The van der Waals surface area contributed by atoms with Crippen molar-refractivity contribution < 1.29 is 0 Å². The first-order valence-electron chi connectivity index (χ1n) is 7.76. The molecule has 1 saturated carbocycles. The zero-order valence-electron chi connectivity index (χ0n) is 11.8. The molecule has 0 heterocycles. The fourth-order valence-corrected chi connectivity index (χ4v) is 3.34. The smallest absolute Gasteiger partial charge is 0.0414 e. The third-order valence-electron chi connectivity index (χ3n) is 4.51. The largest absolute Gasteiger partial charge is 0.0654 e. The van der Waals surface area contributed by atoms with Crippen molar-refractivity contribution in [2.24, 2.45) is 17.8 Å².